The number of aryl methyl sites for hydroxylation is 1. The van der Waals surface area contributed by atoms with Crippen molar-refractivity contribution in [1.82, 2.24) is 9.38 Å². The molecule has 2 aromatic heterocycles. The van der Waals surface area contributed by atoms with Crippen LogP contribution < -0.4 is 0 Å². The second-order valence-corrected chi connectivity index (χ2v) is 3.61. The number of pyridine rings is 1. The molecule has 0 unspecified atom stereocenters. The third kappa shape index (κ3) is 0.923. The fraction of sp³-hybridized carbons (Fsp3) is 0.273. The third-order valence-corrected chi connectivity index (χ3v) is 2.71. The SMILES string of the molecule is O=C1CCCc2c1nc1ccccn21. The lowest BCUT2D eigenvalue weighted by atomic mass is 10.0. The molecule has 14 heavy (non-hydrogen) atoms. The van der Waals surface area contributed by atoms with Crippen LogP contribution in [-0.2, 0) is 6.42 Å². The predicted octanol–water partition coefficient (Wildman–Crippen LogP) is 1.85. The number of hydrogen-bond donors (Lipinski definition) is 0. The van der Waals surface area contributed by atoms with Crippen LogP contribution in [0.25, 0.3) is 5.65 Å². The number of nitrogens with zero attached hydrogens (tertiary/aromatic N) is 2. The summed E-state index contributed by atoms with van der Waals surface area (Å²) in [6.07, 6.45) is 4.54. The largest absolute Gasteiger partial charge is 0.303 e. The van der Waals surface area contributed by atoms with Gasteiger partial charge in [-0.3, -0.25) is 4.79 Å². The zero-order valence-electron chi connectivity index (χ0n) is 7.73. The third-order valence-electron chi connectivity index (χ3n) is 2.71. The quantitative estimate of drug-likeness (QED) is 0.629. The van der Waals surface area contributed by atoms with Crippen molar-refractivity contribution in [2.24, 2.45) is 0 Å². The number of hydrogen-bond acceptors (Lipinski definition) is 2. The van der Waals surface area contributed by atoms with Gasteiger partial charge in [0.2, 0.25) is 0 Å². The van der Waals surface area contributed by atoms with E-state index in [1.54, 1.807) is 0 Å². The monoisotopic (exact) mass is 186 g/mol. The summed E-state index contributed by atoms with van der Waals surface area (Å²) in [5, 5.41) is 0. The molecule has 2 aromatic rings. The van der Waals surface area contributed by atoms with Gasteiger partial charge < -0.3 is 4.40 Å². The minimum Gasteiger partial charge on any atom is -0.303 e. The Morgan fingerprint density at radius 2 is 2.21 bits per heavy atom. The van der Waals surface area contributed by atoms with Gasteiger partial charge in [-0.15, -0.1) is 0 Å². The zero-order valence-corrected chi connectivity index (χ0v) is 7.73. The van der Waals surface area contributed by atoms with Crippen molar-refractivity contribution in [2.45, 2.75) is 19.3 Å². The summed E-state index contributed by atoms with van der Waals surface area (Å²) in [6.45, 7) is 0. The van der Waals surface area contributed by atoms with Gasteiger partial charge in [0.25, 0.3) is 0 Å². The molecule has 0 atom stereocenters. The maximum atomic E-state index is 11.6. The molecule has 0 amide bonds. The maximum absolute atomic E-state index is 11.6. The molecule has 70 valence electrons. The van der Waals surface area contributed by atoms with E-state index in [9.17, 15) is 4.79 Å². The van der Waals surface area contributed by atoms with Crippen LogP contribution in [0.15, 0.2) is 24.4 Å². The summed E-state index contributed by atoms with van der Waals surface area (Å²) in [6, 6.07) is 5.85. The van der Waals surface area contributed by atoms with Crippen LogP contribution in [0.3, 0.4) is 0 Å². The molecule has 0 spiro atoms. The number of fused-ring (bicyclic) bond motifs is 3. The molecular formula is C11H10N2O. The van der Waals surface area contributed by atoms with Crippen molar-refractivity contribution in [3.05, 3.63) is 35.8 Å². The Balaban J connectivity index is 2.38. The smallest absolute Gasteiger partial charge is 0.183 e. The van der Waals surface area contributed by atoms with Gasteiger partial charge in [0.05, 0.1) is 5.69 Å². The molecule has 3 heteroatoms. The summed E-state index contributed by atoms with van der Waals surface area (Å²) in [7, 11) is 0. The molecule has 3 nitrogen and oxygen atoms in total. The Hall–Kier alpha value is -1.64. The molecule has 0 saturated carbocycles. The lowest BCUT2D eigenvalue weighted by Gasteiger charge is -2.08. The van der Waals surface area contributed by atoms with Crippen molar-refractivity contribution >= 4 is 11.4 Å². The summed E-state index contributed by atoms with van der Waals surface area (Å²) in [5.41, 5.74) is 2.65. The number of carbonyl (C=O) groups is 1. The predicted molar refractivity (Wildman–Crippen MR) is 52.5 cm³/mol. The van der Waals surface area contributed by atoms with Gasteiger partial charge >= 0.3 is 0 Å². The number of Topliss-reactive ketones (excluding diaryl/α,β-unsaturated/α-hetero) is 1. The van der Waals surface area contributed by atoms with Gasteiger partial charge in [-0.05, 0) is 25.0 Å². The average molecular weight is 186 g/mol. The molecule has 0 bridgehead atoms. The summed E-state index contributed by atoms with van der Waals surface area (Å²) < 4.78 is 2.02. The van der Waals surface area contributed by atoms with Crippen LogP contribution in [0, 0.1) is 0 Å². The average Bonchev–Trinajstić information content (AvgIpc) is 2.59. The number of aromatic nitrogens is 2. The molecule has 0 aromatic carbocycles. The fourth-order valence-corrected chi connectivity index (χ4v) is 2.04. The maximum Gasteiger partial charge on any atom is 0.183 e. The summed E-state index contributed by atoms with van der Waals surface area (Å²) >= 11 is 0. The van der Waals surface area contributed by atoms with E-state index in [-0.39, 0.29) is 5.78 Å². The van der Waals surface area contributed by atoms with E-state index in [2.05, 4.69) is 4.98 Å². The second-order valence-electron chi connectivity index (χ2n) is 3.61. The van der Waals surface area contributed by atoms with Gasteiger partial charge in [-0.25, -0.2) is 4.98 Å². The van der Waals surface area contributed by atoms with Gasteiger partial charge in [-0.1, -0.05) is 6.07 Å². The Morgan fingerprint density at radius 3 is 3.14 bits per heavy atom. The normalized spacial score (nSPS) is 15.9. The molecule has 2 heterocycles. The number of rotatable bonds is 0. The van der Waals surface area contributed by atoms with Gasteiger partial charge in [0.1, 0.15) is 11.3 Å². The fourth-order valence-electron chi connectivity index (χ4n) is 2.04. The van der Waals surface area contributed by atoms with Gasteiger partial charge in [0.15, 0.2) is 5.78 Å². The number of carbonyl (C=O) groups excluding carboxylic acids is 1. The standard InChI is InChI=1S/C11H10N2O/c14-9-5-3-4-8-11(9)12-10-6-1-2-7-13(8)10/h1-2,6-7H,3-5H2. The molecule has 0 fully saturated rings. The minimum absolute atomic E-state index is 0.190. The van der Waals surface area contributed by atoms with Crippen molar-refractivity contribution in [2.75, 3.05) is 0 Å². The minimum atomic E-state index is 0.190. The summed E-state index contributed by atoms with van der Waals surface area (Å²) in [5.74, 6) is 0.190. The topological polar surface area (TPSA) is 34.4 Å². The van der Waals surface area contributed by atoms with E-state index in [0.717, 1.165) is 24.2 Å². The molecular weight excluding hydrogens is 176 g/mol. The van der Waals surface area contributed by atoms with Gasteiger partial charge in [-0.2, -0.15) is 0 Å². The lowest BCUT2D eigenvalue weighted by Crippen LogP contribution is -2.11. The highest BCUT2D eigenvalue weighted by molar-refractivity contribution is 5.97. The number of ketones is 1. The Bertz CT molecular complexity index is 513. The van der Waals surface area contributed by atoms with E-state index in [1.165, 1.54) is 0 Å². The molecule has 0 N–H and O–H groups in total. The van der Waals surface area contributed by atoms with Crippen molar-refractivity contribution in [3.8, 4) is 0 Å². The van der Waals surface area contributed by atoms with Gasteiger partial charge in [0, 0.05) is 12.6 Å². The second kappa shape index (κ2) is 2.67. The summed E-state index contributed by atoms with van der Waals surface area (Å²) in [4.78, 5) is 15.9. The first-order chi connectivity index (χ1) is 6.86. The van der Waals surface area contributed by atoms with Crippen molar-refractivity contribution in [1.29, 1.82) is 0 Å². The van der Waals surface area contributed by atoms with Crippen LogP contribution in [-0.4, -0.2) is 15.2 Å². The Morgan fingerprint density at radius 1 is 1.29 bits per heavy atom. The Kier molecular flexibility index (Phi) is 1.48. The lowest BCUT2D eigenvalue weighted by molar-refractivity contribution is 0.0967. The Labute approximate surface area is 81.4 Å². The molecule has 0 radical (unpaired) electrons. The highest BCUT2D eigenvalue weighted by Crippen LogP contribution is 2.21. The molecule has 3 rings (SSSR count). The van der Waals surface area contributed by atoms with Crippen LogP contribution in [0.4, 0.5) is 0 Å². The van der Waals surface area contributed by atoms with Crippen LogP contribution in [0.5, 0.6) is 0 Å². The first-order valence-electron chi connectivity index (χ1n) is 4.85. The first kappa shape index (κ1) is 7.74. The van der Waals surface area contributed by atoms with Crippen molar-refractivity contribution < 1.29 is 4.79 Å². The highest BCUT2D eigenvalue weighted by Gasteiger charge is 2.22. The van der Waals surface area contributed by atoms with Crippen LogP contribution in [0.2, 0.25) is 0 Å². The molecule has 0 saturated heterocycles. The molecule has 0 aliphatic heterocycles. The van der Waals surface area contributed by atoms with E-state index in [0.29, 0.717) is 12.1 Å². The number of imidazole rings is 1. The van der Waals surface area contributed by atoms with Crippen molar-refractivity contribution in [3.63, 3.8) is 0 Å². The van der Waals surface area contributed by atoms with E-state index >= 15 is 0 Å². The van der Waals surface area contributed by atoms with E-state index in [4.69, 9.17) is 0 Å². The van der Waals surface area contributed by atoms with Crippen LogP contribution in [0.1, 0.15) is 29.0 Å². The van der Waals surface area contributed by atoms with E-state index < -0.39 is 0 Å². The highest BCUT2D eigenvalue weighted by atomic mass is 16.1. The molecule has 1 aliphatic rings. The van der Waals surface area contributed by atoms with Crippen LogP contribution >= 0.6 is 0 Å². The zero-order chi connectivity index (χ0) is 9.54. The van der Waals surface area contributed by atoms with E-state index in [1.807, 2.05) is 28.8 Å². The molecule has 1 aliphatic carbocycles. The first-order valence-corrected chi connectivity index (χ1v) is 4.85.